The van der Waals surface area contributed by atoms with Crippen LogP contribution in [0, 0.1) is 5.92 Å². The minimum atomic E-state index is -0.862. The largest absolute Gasteiger partial charge is 0.497 e. The molecule has 7 nitrogen and oxygen atoms in total. The SMILES string of the molecule is COc1ccc([C@H]2[C@@H]3C(=O)NC(=O)[C@@H]3ON2c2ccccc2)c(OC)c1. The summed E-state index contributed by atoms with van der Waals surface area (Å²) in [5.74, 6) is -0.229. The number of amides is 2. The Morgan fingerprint density at radius 1 is 1.00 bits per heavy atom. The van der Waals surface area contributed by atoms with E-state index in [2.05, 4.69) is 5.32 Å². The molecule has 0 saturated carbocycles. The lowest BCUT2D eigenvalue weighted by Gasteiger charge is -2.28. The van der Waals surface area contributed by atoms with Crippen LogP contribution in [0.2, 0.25) is 0 Å². The van der Waals surface area contributed by atoms with Crippen LogP contribution in [0.15, 0.2) is 48.5 Å². The van der Waals surface area contributed by atoms with Gasteiger partial charge in [0.15, 0.2) is 6.10 Å². The number of carbonyl (C=O) groups is 2. The number of carbonyl (C=O) groups excluding carboxylic acids is 2. The molecule has 2 heterocycles. The van der Waals surface area contributed by atoms with Gasteiger partial charge >= 0.3 is 0 Å². The molecule has 3 atom stereocenters. The maximum absolute atomic E-state index is 12.4. The number of hydrogen-bond acceptors (Lipinski definition) is 6. The van der Waals surface area contributed by atoms with Crippen LogP contribution in [0.25, 0.3) is 0 Å². The molecule has 2 aliphatic rings. The highest BCUT2D eigenvalue weighted by Crippen LogP contribution is 2.47. The van der Waals surface area contributed by atoms with E-state index in [1.54, 1.807) is 31.4 Å². The van der Waals surface area contributed by atoms with E-state index in [4.69, 9.17) is 14.3 Å². The number of para-hydroxylation sites is 1. The third-order valence-corrected chi connectivity index (χ3v) is 4.72. The van der Waals surface area contributed by atoms with Gasteiger partial charge in [0.25, 0.3) is 5.91 Å². The Balaban J connectivity index is 1.84. The molecule has 0 spiro atoms. The van der Waals surface area contributed by atoms with Crippen LogP contribution in [0.5, 0.6) is 11.5 Å². The fourth-order valence-corrected chi connectivity index (χ4v) is 3.51. The molecule has 2 aromatic carbocycles. The minimum absolute atomic E-state index is 0.346. The summed E-state index contributed by atoms with van der Waals surface area (Å²) in [6.45, 7) is 0. The topological polar surface area (TPSA) is 77.1 Å². The van der Waals surface area contributed by atoms with Gasteiger partial charge in [0, 0.05) is 11.6 Å². The Morgan fingerprint density at radius 2 is 1.77 bits per heavy atom. The summed E-state index contributed by atoms with van der Waals surface area (Å²) in [6.07, 6.45) is -0.862. The maximum Gasteiger partial charge on any atom is 0.259 e. The molecule has 1 N–H and O–H groups in total. The van der Waals surface area contributed by atoms with Crippen molar-refractivity contribution in [3.05, 3.63) is 54.1 Å². The molecule has 0 unspecified atom stereocenters. The van der Waals surface area contributed by atoms with E-state index in [0.29, 0.717) is 11.5 Å². The predicted octanol–water partition coefficient (Wildman–Crippen LogP) is 1.84. The predicted molar refractivity (Wildman–Crippen MR) is 92.7 cm³/mol. The van der Waals surface area contributed by atoms with Gasteiger partial charge in [-0.3, -0.25) is 19.7 Å². The minimum Gasteiger partial charge on any atom is -0.497 e. The molecule has 0 aromatic heterocycles. The molecular weight excluding hydrogens is 336 g/mol. The highest BCUT2D eigenvalue weighted by Gasteiger charge is 2.57. The number of hydrogen-bond donors (Lipinski definition) is 1. The summed E-state index contributed by atoms with van der Waals surface area (Å²) in [5.41, 5.74) is 1.50. The number of rotatable bonds is 4. The summed E-state index contributed by atoms with van der Waals surface area (Å²) in [7, 11) is 3.13. The first kappa shape index (κ1) is 16.4. The van der Waals surface area contributed by atoms with E-state index in [9.17, 15) is 9.59 Å². The zero-order valence-electron chi connectivity index (χ0n) is 14.3. The van der Waals surface area contributed by atoms with E-state index in [1.807, 2.05) is 36.4 Å². The molecule has 2 aliphatic heterocycles. The van der Waals surface area contributed by atoms with Gasteiger partial charge < -0.3 is 9.47 Å². The number of hydroxylamine groups is 1. The average Bonchev–Trinajstić information content (AvgIpc) is 3.20. The highest BCUT2D eigenvalue weighted by molar-refractivity contribution is 6.07. The van der Waals surface area contributed by atoms with Gasteiger partial charge in [-0.25, -0.2) is 5.06 Å². The average molecular weight is 354 g/mol. The van der Waals surface area contributed by atoms with E-state index in [1.165, 1.54) is 0 Å². The number of anilines is 1. The summed E-state index contributed by atoms with van der Waals surface area (Å²) in [4.78, 5) is 30.5. The molecule has 7 heteroatoms. The van der Waals surface area contributed by atoms with Crippen LogP contribution < -0.4 is 19.9 Å². The Hall–Kier alpha value is -3.06. The normalized spacial score (nSPS) is 24.4. The van der Waals surface area contributed by atoms with Crippen LogP contribution in [0.1, 0.15) is 11.6 Å². The molecule has 0 bridgehead atoms. The quantitative estimate of drug-likeness (QED) is 0.845. The number of nitrogens with zero attached hydrogens (tertiary/aromatic N) is 1. The number of imide groups is 1. The van der Waals surface area contributed by atoms with Crippen LogP contribution in [-0.2, 0) is 14.4 Å². The molecule has 0 aliphatic carbocycles. The Bertz CT molecular complexity index is 854. The molecule has 2 saturated heterocycles. The number of methoxy groups -OCH3 is 2. The van der Waals surface area contributed by atoms with Crippen LogP contribution in [0.3, 0.4) is 0 Å². The smallest absolute Gasteiger partial charge is 0.259 e. The molecule has 134 valence electrons. The Labute approximate surface area is 150 Å². The van der Waals surface area contributed by atoms with Crippen LogP contribution in [-0.4, -0.2) is 32.1 Å². The van der Waals surface area contributed by atoms with Crippen molar-refractivity contribution in [1.82, 2.24) is 5.32 Å². The van der Waals surface area contributed by atoms with Crippen molar-refractivity contribution in [2.24, 2.45) is 5.92 Å². The van der Waals surface area contributed by atoms with Crippen molar-refractivity contribution in [3.8, 4) is 11.5 Å². The molecule has 4 rings (SSSR count). The molecule has 0 radical (unpaired) electrons. The monoisotopic (exact) mass is 354 g/mol. The van der Waals surface area contributed by atoms with E-state index < -0.39 is 24.0 Å². The second kappa shape index (κ2) is 6.34. The van der Waals surface area contributed by atoms with Gasteiger partial charge in [0.2, 0.25) is 5.91 Å². The Kier molecular flexibility index (Phi) is 4.00. The lowest BCUT2D eigenvalue weighted by molar-refractivity contribution is -0.129. The van der Waals surface area contributed by atoms with Gasteiger partial charge in [-0.15, -0.1) is 0 Å². The van der Waals surface area contributed by atoms with Gasteiger partial charge in [-0.1, -0.05) is 18.2 Å². The van der Waals surface area contributed by atoms with E-state index in [0.717, 1.165) is 11.3 Å². The van der Waals surface area contributed by atoms with Crippen molar-refractivity contribution in [2.45, 2.75) is 12.1 Å². The summed E-state index contributed by atoms with van der Waals surface area (Å²) >= 11 is 0. The van der Waals surface area contributed by atoms with E-state index >= 15 is 0 Å². The number of ether oxygens (including phenoxy) is 2. The zero-order chi connectivity index (χ0) is 18.3. The van der Waals surface area contributed by atoms with Crippen molar-refractivity contribution >= 4 is 17.5 Å². The van der Waals surface area contributed by atoms with Crippen LogP contribution >= 0.6 is 0 Å². The van der Waals surface area contributed by atoms with Gasteiger partial charge in [-0.2, -0.15) is 0 Å². The highest BCUT2D eigenvalue weighted by atomic mass is 16.7. The zero-order valence-corrected chi connectivity index (χ0v) is 14.3. The van der Waals surface area contributed by atoms with Crippen molar-refractivity contribution in [1.29, 1.82) is 0 Å². The van der Waals surface area contributed by atoms with Crippen LogP contribution in [0.4, 0.5) is 5.69 Å². The summed E-state index contributed by atoms with van der Waals surface area (Å²) in [6, 6.07) is 14.2. The van der Waals surface area contributed by atoms with Crippen molar-refractivity contribution < 1.29 is 23.9 Å². The Morgan fingerprint density at radius 3 is 2.46 bits per heavy atom. The second-order valence-corrected chi connectivity index (χ2v) is 6.12. The fourth-order valence-electron chi connectivity index (χ4n) is 3.51. The summed E-state index contributed by atoms with van der Waals surface area (Å²) < 4.78 is 10.8. The fraction of sp³-hybridized carbons (Fsp3) is 0.263. The third kappa shape index (κ3) is 2.48. The molecule has 26 heavy (non-hydrogen) atoms. The number of fused-ring (bicyclic) bond motifs is 1. The van der Waals surface area contributed by atoms with Gasteiger partial charge in [-0.05, 0) is 24.3 Å². The molecule has 2 fully saturated rings. The van der Waals surface area contributed by atoms with Crippen molar-refractivity contribution in [3.63, 3.8) is 0 Å². The molecular formula is C19H18N2O5. The first-order valence-electron chi connectivity index (χ1n) is 8.21. The lowest BCUT2D eigenvalue weighted by Crippen LogP contribution is -2.33. The lowest BCUT2D eigenvalue weighted by atomic mass is 9.90. The first-order chi connectivity index (χ1) is 12.6. The van der Waals surface area contributed by atoms with Gasteiger partial charge in [0.05, 0.1) is 25.9 Å². The third-order valence-electron chi connectivity index (χ3n) is 4.72. The molecule has 2 amide bonds. The van der Waals surface area contributed by atoms with Gasteiger partial charge in [0.1, 0.15) is 17.4 Å². The second-order valence-electron chi connectivity index (χ2n) is 6.12. The summed E-state index contributed by atoms with van der Waals surface area (Å²) in [5, 5.41) is 3.98. The first-order valence-corrected chi connectivity index (χ1v) is 8.21. The standard InChI is InChI=1S/C19H18N2O5/c1-24-12-8-9-13(14(10-12)25-2)16-15-17(19(23)20-18(15)22)26-21(16)11-6-4-3-5-7-11/h3-10,15-17H,1-2H3,(H,20,22,23)/t15-,16-,17+/m0/s1. The molecule has 2 aromatic rings. The van der Waals surface area contributed by atoms with Crippen molar-refractivity contribution in [2.75, 3.05) is 19.3 Å². The van der Waals surface area contributed by atoms with E-state index in [-0.39, 0.29) is 5.91 Å². The number of nitrogens with one attached hydrogen (secondary N) is 1. The maximum atomic E-state index is 12.4. The number of benzene rings is 2.